The normalized spacial score (nSPS) is 14.8. The van der Waals surface area contributed by atoms with Crippen molar-refractivity contribution in [2.24, 2.45) is 0 Å². The van der Waals surface area contributed by atoms with Crippen LogP contribution in [0.5, 0.6) is 0 Å². The van der Waals surface area contributed by atoms with Crippen molar-refractivity contribution in [3.8, 4) is 0 Å². The molecule has 1 aromatic heterocycles. The van der Waals surface area contributed by atoms with Gasteiger partial charge in [0.15, 0.2) is 0 Å². The number of amides is 1. The number of nitrogens with zero attached hydrogens (tertiary/aromatic N) is 4. The number of hydrogen-bond acceptors (Lipinski definition) is 4. The number of rotatable bonds is 6. The predicted octanol–water partition coefficient (Wildman–Crippen LogP) is 5.78. The first kappa shape index (κ1) is 25.0. The Morgan fingerprint density at radius 2 is 1.71 bits per heavy atom. The summed E-state index contributed by atoms with van der Waals surface area (Å²) in [6.07, 6.45) is 1.18. The number of piperazine rings is 1. The Hall–Kier alpha value is -3.06. The Morgan fingerprint density at radius 3 is 2.34 bits per heavy atom. The minimum absolute atomic E-state index is 0.123. The Balaban J connectivity index is 1.62. The molecule has 0 bridgehead atoms. The first-order valence-electron chi connectivity index (χ1n) is 11.9. The number of carbonyl (C=O) groups excluding carboxylic acids is 1. The van der Waals surface area contributed by atoms with Crippen LogP contribution in [0.25, 0.3) is 0 Å². The molecule has 5 nitrogen and oxygen atoms in total. The number of aryl methyl sites for hydroxylation is 1. The molecule has 3 aromatic rings. The lowest BCUT2D eigenvalue weighted by molar-refractivity contribution is 0.0746. The zero-order valence-corrected chi connectivity index (χ0v) is 20.9. The summed E-state index contributed by atoms with van der Waals surface area (Å²) >= 11 is 6.33. The standard InChI is InChI=1S/C27H29ClF2N4O/c1-4-17(2)25-31-18(3)21(16-22-23(28)6-5-7-24(22)30)26(32-25)33-12-14-34(15-13-33)27(35)19-8-10-20(29)11-9-19/h5-11,17H,4,12-16H2,1-3H3/t17-/m1/s1. The molecular weight excluding hydrogens is 470 g/mol. The molecule has 0 aliphatic carbocycles. The van der Waals surface area contributed by atoms with E-state index in [-0.39, 0.29) is 29.9 Å². The fraction of sp³-hybridized carbons (Fsp3) is 0.370. The molecular formula is C27H29ClF2N4O. The SMILES string of the molecule is CC[C@@H](C)c1nc(C)c(Cc2c(F)cccc2Cl)c(N2CCN(C(=O)c3ccc(F)cc3)CC2)n1. The van der Waals surface area contributed by atoms with Gasteiger partial charge in [-0.25, -0.2) is 18.7 Å². The van der Waals surface area contributed by atoms with Crippen LogP contribution in [0.1, 0.15) is 59.2 Å². The van der Waals surface area contributed by atoms with Crippen LogP contribution in [-0.2, 0) is 6.42 Å². The Kier molecular flexibility index (Phi) is 7.65. The lowest BCUT2D eigenvalue weighted by Gasteiger charge is -2.37. The van der Waals surface area contributed by atoms with Crippen molar-refractivity contribution in [3.63, 3.8) is 0 Å². The number of benzene rings is 2. The molecule has 1 fully saturated rings. The van der Waals surface area contributed by atoms with Gasteiger partial charge < -0.3 is 9.80 Å². The quantitative estimate of drug-likeness (QED) is 0.432. The molecule has 0 unspecified atom stereocenters. The van der Waals surface area contributed by atoms with Crippen LogP contribution in [0.15, 0.2) is 42.5 Å². The number of anilines is 1. The molecule has 2 aromatic carbocycles. The molecule has 8 heteroatoms. The molecule has 1 amide bonds. The summed E-state index contributed by atoms with van der Waals surface area (Å²) in [5.74, 6) is 0.852. The molecule has 1 aliphatic rings. The summed E-state index contributed by atoms with van der Waals surface area (Å²) in [5, 5.41) is 0.371. The van der Waals surface area contributed by atoms with Gasteiger partial charge in [-0.3, -0.25) is 4.79 Å². The lowest BCUT2D eigenvalue weighted by atomic mass is 10.0. The maximum Gasteiger partial charge on any atom is 0.253 e. The smallest absolute Gasteiger partial charge is 0.253 e. The first-order chi connectivity index (χ1) is 16.8. The topological polar surface area (TPSA) is 49.3 Å². The van der Waals surface area contributed by atoms with Gasteiger partial charge in [0.05, 0.1) is 0 Å². The van der Waals surface area contributed by atoms with Crippen LogP contribution >= 0.6 is 11.6 Å². The number of halogens is 3. The third-order valence-corrected chi connectivity index (χ3v) is 6.99. The maximum atomic E-state index is 14.6. The molecule has 1 atom stereocenters. The molecule has 184 valence electrons. The van der Waals surface area contributed by atoms with E-state index in [1.54, 1.807) is 17.0 Å². The van der Waals surface area contributed by atoms with Crippen molar-refractivity contribution in [3.05, 3.63) is 87.3 Å². The van der Waals surface area contributed by atoms with Gasteiger partial charge in [0.2, 0.25) is 0 Å². The van der Waals surface area contributed by atoms with Crippen LogP contribution in [0.2, 0.25) is 5.02 Å². The van der Waals surface area contributed by atoms with Gasteiger partial charge in [0.25, 0.3) is 5.91 Å². The van der Waals surface area contributed by atoms with Crippen molar-refractivity contribution in [1.82, 2.24) is 14.9 Å². The van der Waals surface area contributed by atoms with E-state index in [4.69, 9.17) is 21.6 Å². The minimum atomic E-state index is -0.370. The molecule has 0 spiro atoms. The molecule has 1 saturated heterocycles. The summed E-state index contributed by atoms with van der Waals surface area (Å²) in [7, 11) is 0. The van der Waals surface area contributed by atoms with Crippen molar-refractivity contribution < 1.29 is 13.6 Å². The van der Waals surface area contributed by atoms with E-state index in [9.17, 15) is 13.6 Å². The highest BCUT2D eigenvalue weighted by atomic mass is 35.5. The second-order valence-electron chi connectivity index (χ2n) is 8.94. The fourth-order valence-corrected chi connectivity index (χ4v) is 4.48. The summed E-state index contributed by atoms with van der Waals surface area (Å²) in [6.45, 7) is 8.24. The number of carbonyl (C=O) groups is 1. The molecule has 0 saturated carbocycles. The molecule has 35 heavy (non-hydrogen) atoms. The summed E-state index contributed by atoms with van der Waals surface area (Å²) in [5.41, 5.74) is 2.52. The zero-order valence-electron chi connectivity index (χ0n) is 20.2. The van der Waals surface area contributed by atoms with Crippen molar-refractivity contribution in [2.75, 3.05) is 31.1 Å². The van der Waals surface area contributed by atoms with Crippen molar-refractivity contribution >= 4 is 23.3 Å². The minimum Gasteiger partial charge on any atom is -0.353 e. The second-order valence-corrected chi connectivity index (χ2v) is 9.35. The van der Waals surface area contributed by atoms with Crippen LogP contribution in [0.4, 0.5) is 14.6 Å². The number of aromatic nitrogens is 2. The van der Waals surface area contributed by atoms with Crippen molar-refractivity contribution in [1.29, 1.82) is 0 Å². The Labute approximate surface area is 209 Å². The first-order valence-corrected chi connectivity index (χ1v) is 12.3. The van der Waals surface area contributed by atoms with E-state index in [2.05, 4.69) is 18.7 Å². The summed E-state index contributed by atoms with van der Waals surface area (Å²) in [4.78, 5) is 26.5. The van der Waals surface area contributed by atoms with Crippen molar-refractivity contribution in [2.45, 2.75) is 39.5 Å². The molecule has 0 radical (unpaired) electrons. The van der Waals surface area contributed by atoms with Gasteiger partial charge in [-0.2, -0.15) is 0 Å². The van der Waals surface area contributed by atoms with Crippen LogP contribution in [-0.4, -0.2) is 47.0 Å². The van der Waals surface area contributed by atoms with Gasteiger partial charge in [0, 0.05) is 65.9 Å². The molecule has 0 N–H and O–H groups in total. The summed E-state index contributed by atoms with van der Waals surface area (Å²) < 4.78 is 27.9. The third kappa shape index (κ3) is 5.45. The average molecular weight is 499 g/mol. The predicted molar refractivity (Wildman–Crippen MR) is 134 cm³/mol. The van der Waals surface area contributed by atoms with Crippen LogP contribution in [0, 0.1) is 18.6 Å². The second kappa shape index (κ2) is 10.7. The third-order valence-electron chi connectivity index (χ3n) is 6.64. The van der Waals surface area contributed by atoms with Gasteiger partial charge in [-0.15, -0.1) is 0 Å². The van der Waals surface area contributed by atoms with E-state index in [1.807, 2.05) is 6.92 Å². The van der Waals surface area contributed by atoms with Crippen LogP contribution in [0.3, 0.4) is 0 Å². The Bertz CT molecular complexity index is 1190. The number of hydrogen-bond donors (Lipinski definition) is 0. The Morgan fingerprint density at radius 1 is 1.03 bits per heavy atom. The van der Waals surface area contributed by atoms with Gasteiger partial charge in [-0.05, 0) is 49.7 Å². The summed E-state index contributed by atoms with van der Waals surface area (Å²) in [6, 6.07) is 10.3. The largest absolute Gasteiger partial charge is 0.353 e. The molecule has 4 rings (SSSR count). The van der Waals surface area contributed by atoms with Gasteiger partial charge >= 0.3 is 0 Å². The lowest BCUT2D eigenvalue weighted by Crippen LogP contribution is -2.49. The van der Waals surface area contributed by atoms with E-state index in [1.165, 1.54) is 30.3 Å². The fourth-order valence-electron chi connectivity index (χ4n) is 4.25. The maximum absolute atomic E-state index is 14.6. The molecule has 2 heterocycles. The van der Waals surface area contributed by atoms with E-state index in [0.29, 0.717) is 42.3 Å². The highest BCUT2D eigenvalue weighted by Gasteiger charge is 2.27. The van der Waals surface area contributed by atoms with E-state index in [0.717, 1.165) is 29.3 Å². The van der Waals surface area contributed by atoms with Gasteiger partial charge in [0.1, 0.15) is 23.3 Å². The highest BCUT2D eigenvalue weighted by molar-refractivity contribution is 6.31. The van der Waals surface area contributed by atoms with Crippen LogP contribution < -0.4 is 4.90 Å². The zero-order chi connectivity index (χ0) is 25.1. The molecule has 1 aliphatic heterocycles. The highest BCUT2D eigenvalue weighted by Crippen LogP contribution is 2.31. The van der Waals surface area contributed by atoms with E-state index >= 15 is 0 Å². The van der Waals surface area contributed by atoms with E-state index < -0.39 is 0 Å². The van der Waals surface area contributed by atoms with Gasteiger partial charge in [-0.1, -0.05) is 31.5 Å². The average Bonchev–Trinajstić information content (AvgIpc) is 2.86. The monoisotopic (exact) mass is 498 g/mol.